The van der Waals surface area contributed by atoms with Crippen LogP contribution in [0, 0.1) is 23.7 Å². The Hall–Kier alpha value is -4.01. The molecule has 12 atom stereocenters. The fourth-order valence-corrected chi connectivity index (χ4v) is 7.95. The second-order valence-electron chi connectivity index (χ2n) is 17.5. The molecule has 0 bridgehead atoms. The minimum atomic E-state index is -1.31. The van der Waals surface area contributed by atoms with Crippen molar-refractivity contribution in [3.05, 3.63) is 12.7 Å². The van der Waals surface area contributed by atoms with Gasteiger partial charge < -0.3 is 41.1 Å². The summed E-state index contributed by atoms with van der Waals surface area (Å²) >= 11 is 0. The van der Waals surface area contributed by atoms with E-state index in [1.807, 2.05) is 55.4 Å². The van der Waals surface area contributed by atoms with Crippen LogP contribution in [0.25, 0.3) is 0 Å². The molecule has 0 saturated carbocycles. The number of nitrogens with zero attached hydrogens (tertiary/aromatic N) is 2. The molecule has 15 heteroatoms. The standard InChI is InChI=1S/C43H73N7O8/c1-13-24(6)31-38(53)46-33(26(8)15-3)41(56)49-22-18-21-30(49)37(52)45-32(25(7)14-2)39(54)48-35(28(10)58-43(11,12)17-5)40(55)47-34(27(9)16-4)42(57)50-23-19-20-29(50)36(51)44-31/h17,24-35H,5,13-16,18-23H2,1-4,6-12H3,(H,44,51)(H,45,52)(H,46,53)(H,47,55)(H,48,54). The van der Waals surface area contributed by atoms with E-state index in [1.54, 1.807) is 26.8 Å². The summed E-state index contributed by atoms with van der Waals surface area (Å²) in [5.74, 6) is -5.08. The van der Waals surface area contributed by atoms with Gasteiger partial charge in [0, 0.05) is 13.1 Å². The highest BCUT2D eigenvalue weighted by Gasteiger charge is 2.45. The van der Waals surface area contributed by atoms with Crippen LogP contribution in [0.5, 0.6) is 0 Å². The molecule has 0 radical (unpaired) electrons. The van der Waals surface area contributed by atoms with E-state index < -0.39 is 95.3 Å². The van der Waals surface area contributed by atoms with E-state index in [2.05, 4.69) is 33.2 Å². The van der Waals surface area contributed by atoms with Gasteiger partial charge in [-0.15, -0.1) is 6.58 Å². The zero-order valence-electron chi connectivity index (χ0n) is 36.9. The summed E-state index contributed by atoms with van der Waals surface area (Å²) in [5.41, 5.74) is -0.895. The molecule has 3 rings (SSSR count). The molecule has 3 saturated heterocycles. The van der Waals surface area contributed by atoms with Crippen LogP contribution >= 0.6 is 0 Å². The summed E-state index contributed by atoms with van der Waals surface area (Å²) in [4.78, 5) is 103. The lowest BCUT2D eigenvalue weighted by atomic mass is 9.94. The average molecular weight is 816 g/mol. The van der Waals surface area contributed by atoms with Gasteiger partial charge in [0.25, 0.3) is 0 Å². The largest absolute Gasteiger partial charge is 0.366 e. The van der Waals surface area contributed by atoms with Gasteiger partial charge in [-0.1, -0.05) is 87.1 Å². The van der Waals surface area contributed by atoms with E-state index in [-0.39, 0.29) is 36.8 Å². The molecule has 58 heavy (non-hydrogen) atoms. The topological polar surface area (TPSA) is 195 Å². The fraction of sp³-hybridized carbons (Fsp3) is 0.791. The van der Waals surface area contributed by atoms with Crippen LogP contribution in [0.4, 0.5) is 0 Å². The first kappa shape index (κ1) is 48.4. The van der Waals surface area contributed by atoms with E-state index in [4.69, 9.17) is 4.74 Å². The molecule has 0 aromatic rings. The monoisotopic (exact) mass is 816 g/mol. The molecule has 328 valence electrons. The van der Waals surface area contributed by atoms with Crippen molar-refractivity contribution < 1.29 is 38.3 Å². The lowest BCUT2D eigenvalue weighted by Crippen LogP contribution is -2.63. The second-order valence-corrected chi connectivity index (χ2v) is 17.5. The first-order valence-corrected chi connectivity index (χ1v) is 21.7. The molecule has 3 aliphatic rings. The van der Waals surface area contributed by atoms with Crippen molar-refractivity contribution in [2.24, 2.45) is 23.7 Å². The second kappa shape index (κ2) is 21.3. The molecule has 0 aliphatic carbocycles. The zero-order chi connectivity index (χ0) is 43.6. The minimum absolute atomic E-state index is 0.269. The van der Waals surface area contributed by atoms with Crippen LogP contribution < -0.4 is 26.6 Å². The van der Waals surface area contributed by atoms with Crippen LogP contribution in [0.15, 0.2) is 12.7 Å². The average Bonchev–Trinajstić information content (AvgIpc) is 3.91. The molecular formula is C43H73N7O8. The van der Waals surface area contributed by atoms with Crippen LogP contribution in [-0.4, -0.2) is 118 Å². The third-order valence-corrected chi connectivity index (χ3v) is 12.8. The van der Waals surface area contributed by atoms with Gasteiger partial charge >= 0.3 is 0 Å². The van der Waals surface area contributed by atoms with E-state index in [9.17, 15) is 33.6 Å². The Labute approximate surface area is 346 Å². The zero-order valence-corrected chi connectivity index (χ0v) is 36.9. The van der Waals surface area contributed by atoms with Gasteiger partial charge in [0.05, 0.1) is 11.7 Å². The Morgan fingerprint density at radius 1 is 0.569 bits per heavy atom. The van der Waals surface area contributed by atoms with Gasteiger partial charge in [0.15, 0.2) is 0 Å². The molecular weight excluding hydrogens is 743 g/mol. The van der Waals surface area contributed by atoms with Crippen LogP contribution in [0.1, 0.15) is 128 Å². The summed E-state index contributed by atoms with van der Waals surface area (Å²) in [5, 5.41) is 14.6. The number of ether oxygens (including phenoxy) is 1. The third-order valence-electron chi connectivity index (χ3n) is 12.8. The number of carbonyl (C=O) groups excluding carboxylic acids is 7. The third kappa shape index (κ3) is 11.6. The number of hydrogen-bond donors (Lipinski definition) is 5. The lowest BCUT2D eigenvalue weighted by Gasteiger charge is -2.35. The molecule has 5 N–H and O–H groups in total. The maximum Gasteiger partial charge on any atom is 0.246 e. The molecule has 15 nitrogen and oxygen atoms in total. The molecule has 3 aliphatic heterocycles. The van der Waals surface area contributed by atoms with Crippen LogP contribution in [0.2, 0.25) is 0 Å². The summed E-state index contributed by atoms with van der Waals surface area (Å²) in [6.45, 7) is 24.5. The van der Waals surface area contributed by atoms with Crippen molar-refractivity contribution >= 4 is 41.4 Å². The Kier molecular flexibility index (Phi) is 17.8. The van der Waals surface area contributed by atoms with E-state index >= 15 is 0 Å². The quantitative estimate of drug-likeness (QED) is 0.186. The maximum absolute atomic E-state index is 14.5. The number of nitrogens with one attached hydrogen (secondary N) is 5. The van der Waals surface area contributed by atoms with Gasteiger partial charge in [0.1, 0.15) is 42.3 Å². The molecule has 0 spiro atoms. The molecule has 12 unspecified atom stereocenters. The lowest BCUT2D eigenvalue weighted by molar-refractivity contribution is -0.145. The van der Waals surface area contributed by atoms with Crippen molar-refractivity contribution in [3.8, 4) is 0 Å². The first-order valence-electron chi connectivity index (χ1n) is 21.7. The summed E-state index contributed by atoms with van der Waals surface area (Å²) in [6.07, 6.45) is 4.57. The summed E-state index contributed by atoms with van der Waals surface area (Å²) in [7, 11) is 0. The highest BCUT2D eigenvalue weighted by molar-refractivity contribution is 5.99. The van der Waals surface area contributed by atoms with Gasteiger partial charge in [-0.25, -0.2) is 0 Å². The Morgan fingerprint density at radius 2 is 0.879 bits per heavy atom. The van der Waals surface area contributed by atoms with Crippen LogP contribution in [0.3, 0.4) is 0 Å². The number of amides is 7. The molecule has 3 fully saturated rings. The maximum atomic E-state index is 14.5. The molecule has 3 heterocycles. The van der Waals surface area contributed by atoms with E-state index in [0.717, 1.165) is 0 Å². The molecule has 7 amide bonds. The van der Waals surface area contributed by atoms with Gasteiger partial charge in [-0.2, -0.15) is 0 Å². The Balaban J connectivity index is 2.21. The van der Waals surface area contributed by atoms with Crippen molar-refractivity contribution in [2.45, 2.75) is 182 Å². The number of rotatable bonds is 12. The van der Waals surface area contributed by atoms with E-state index in [0.29, 0.717) is 51.4 Å². The number of carbonyl (C=O) groups is 7. The van der Waals surface area contributed by atoms with Crippen molar-refractivity contribution in [3.63, 3.8) is 0 Å². The smallest absolute Gasteiger partial charge is 0.246 e. The number of fused-ring (bicyclic) bond motifs is 2. The molecule has 0 aromatic heterocycles. The Bertz CT molecular complexity index is 1500. The summed E-state index contributed by atoms with van der Waals surface area (Å²) < 4.78 is 6.24. The van der Waals surface area contributed by atoms with Crippen molar-refractivity contribution in [1.82, 2.24) is 36.4 Å². The fourth-order valence-electron chi connectivity index (χ4n) is 7.95. The van der Waals surface area contributed by atoms with Crippen molar-refractivity contribution in [1.29, 1.82) is 0 Å². The SMILES string of the molecule is C=CC(C)(C)OC(C)C1NC(=O)C(C(C)CC)NC(=O)C2CCCN2C(=O)C(C(C)CC)NC(=O)C(C(C)CC)NC(=O)C2CCCN2C(=O)C(C(C)CC)NC1=O. The van der Waals surface area contributed by atoms with Crippen LogP contribution in [-0.2, 0) is 38.3 Å². The van der Waals surface area contributed by atoms with Crippen molar-refractivity contribution in [2.75, 3.05) is 13.1 Å². The first-order chi connectivity index (χ1) is 27.3. The number of hydrogen-bond acceptors (Lipinski definition) is 8. The normalized spacial score (nSPS) is 30.0. The van der Waals surface area contributed by atoms with Gasteiger partial charge in [-0.05, 0) is 70.1 Å². The predicted molar refractivity (Wildman–Crippen MR) is 222 cm³/mol. The van der Waals surface area contributed by atoms with Gasteiger partial charge in [0.2, 0.25) is 41.4 Å². The predicted octanol–water partition coefficient (Wildman–Crippen LogP) is 2.96. The van der Waals surface area contributed by atoms with Gasteiger partial charge in [-0.3, -0.25) is 33.6 Å². The summed E-state index contributed by atoms with van der Waals surface area (Å²) in [6, 6.07) is -7.26. The highest BCUT2D eigenvalue weighted by Crippen LogP contribution is 2.26. The van der Waals surface area contributed by atoms with E-state index in [1.165, 1.54) is 9.80 Å². The highest BCUT2D eigenvalue weighted by atomic mass is 16.5. The Morgan fingerprint density at radius 3 is 1.22 bits per heavy atom. The molecule has 0 aromatic carbocycles. The minimum Gasteiger partial charge on any atom is -0.366 e.